The average Bonchev–Trinajstić information content (AvgIpc) is 2.90. The molecular formula is C15H23N3O3S. The summed E-state index contributed by atoms with van der Waals surface area (Å²) in [5.41, 5.74) is 0.603. The zero-order valence-corrected chi connectivity index (χ0v) is 13.7. The largest absolute Gasteiger partial charge is 0.326 e. The van der Waals surface area contributed by atoms with Crippen LogP contribution in [-0.4, -0.2) is 33.0 Å². The second kappa shape index (κ2) is 7.21. The smallest absolute Gasteiger partial charge is 0.240 e. The third-order valence-corrected chi connectivity index (χ3v) is 5.11. The fourth-order valence-corrected chi connectivity index (χ4v) is 3.71. The summed E-state index contributed by atoms with van der Waals surface area (Å²) in [7, 11) is -3.50. The summed E-state index contributed by atoms with van der Waals surface area (Å²) in [6.07, 6.45) is 2.56. The van der Waals surface area contributed by atoms with Crippen molar-refractivity contribution >= 4 is 21.6 Å². The number of amides is 1. The molecule has 1 unspecified atom stereocenters. The zero-order chi connectivity index (χ0) is 16.2. The maximum atomic E-state index is 12.0. The zero-order valence-electron chi connectivity index (χ0n) is 12.9. The van der Waals surface area contributed by atoms with E-state index in [1.807, 2.05) is 0 Å². The number of hydrogen-bond acceptors (Lipinski definition) is 4. The Hall–Kier alpha value is -1.44. The van der Waals surface area contributed by atoms with E-state index in [1.165, 1.54) is 12.1 Å². The van der Waals surface area contributed by atoms with Crippen molar-refractivity contribution in [1.29, 1.82) is 0 Å². The number of benzene rings is 1. The molecule has 0 spiro atoms. The van der Waals surface area contributed by atoms with Gasteiger partial charge in [-0.25, -0.2) is 13.1 Å². The normalized spacial score (nSPS) is 18.6. The molecule has 1 aliphatic rings. The van der Waals surface area contributed by atoms with E-state index in [0.29, 0.717) is 12.1 Å². The summed E-state index contributed by atoms with van der Waals surface area (Å²) in [5.74, 6) is -0.0599. The first-order chi connectivity index (χ1) is 10.4. The third-order valence-electron chi connectivity index (χ3n) is 3.43. The maximum absolute atomic E-state index is 12.0. The van der Waals surface area contributed by atoms with Crippen LogP contribution >= 0.6 is 0 Å². The summed E-state index contributed by atoms with van der Waals surface area (Å²) >= 11 is 0. The Balaban J connectivity index is 1.95. The molecule has 1 aliphatic heterocycles. The molecule has 3 N–H and O–H groups in total. The highest BCUT2D eigenvalue weighted by Gasteiger charge is 2.18. The molecule has 0 aromatic heterocycles. The van der Waals surface area contributed by atoms with Crippen LogP contribution in [0.1, 0.15) is 33.1 Å². The fraction of sp³-hybridized carbons (Fsp3) is 0.533. The predicted molar refractivity (Wildman–Crippen MR) is 86.2 cm³/mol. The summed E-state index contributed by atoms with van der Waals surface area (Å²) in [6, 6.07) is 6.28. The Morgan fingerprint density at radius 1 is 1.32 bits per heavy atom. The Bertz CT molecular complexity index is 605. The van der Waals surface area contributed by atoms with Gasteiger partial charge in [0.2, 0.25) is 15.9 Å². The van der Waals surface area contributed by atoms with Gasteiger partial charge in [-0.1, -0.05) is 0 Å². The van der Waals surface area contributed by atoms with Crippen molar-refractivity contribution < 1.29 is 13.2 Å². The van der Waals surface area contributed by atoms with Crippen molar-refractivity contribution in [2.75, 3.05) is 11.9 Å². The summed E-state index contributed by atoms with van der Waals surface area (Å²) < 4.78 is 26.5. The molecule has 2 rings (SSSR count). The van der Waals surface area contributed by atoms with Crippen LogP contribution < -0.4 is 15.4 Å². The van der Waals surface area contributed by atoms with E-state index in [1.54, 1.807) is 26.0 Å². The van der Waals surface area contributed by atoms with Crippen molar-refractivity contribution in [2.45, 2.75) is 50.1 Å². The number of rotatable bonds is 6. The van der Waals surface area contributed by atoms with E-state index in [4.69, 9.17) is 0 Å². The van der Waals surface area contributed by atoms with Gasteiger partial charge in [0.15, 0.2) is 0 Å². The lowest BCUT2D eigenvalue weighted by atomic mass is 10.1. The van der Waals surface area contributed by atoms with Crippen LogP contribution in [0.15, 0.2) is 29.2 Å². The van der Waals surface area contributed by atoms with E-state index in [2.05, 4.69) is 15.4 Å². The van der Waals surface area contributed by atoms with Gasteiger partial charge in [0.05, 0.1) is 4.90 Å². The fourth-order valence-electron chi connectivity index (χ4n) is 2.46. The van der Waals surface area contributed by atoms with E-state index < -0.39 is 10.0 Å². The molecule has 1 aromatic rings. The first kappa shape index (κ1) is 16.9. The Kier molecular flexibility index (Phi) is 5.55. The van der Waals surface area contributed by atoms with Gasteiger partial charge in [0.1, 0.15) is 0 Å². The monoisotopic (exact) mass is 325 g/mol. The number of carbonyl (C=O) groups excluding carboxylic acids is 1. The van der Waals surface area contributed by atoms with Crippen molar-refractivity contribution in [2.24, 2.45) is 0 Å². The molecule has 6 nitrogen and oxygen atoms in total. The second-order valence-corrected chi connectivity index (χ2v) is 7.56. The molecule has 0 saturated carbocycles. The van der Waals surface area contributed by atoms with Crippen molar-refractivity contribution in [1.82, 2.24) is 10.0 Å². The molecule has 1 heterocycles. The first-order valence-electron chi connectivity index (χ1n) is 7.52. The van der Waals surface area contributed by atoms with Gasteiger partial charge < -0.3 is 10.6 Å². The Labute approximate surface area is 131 Å². The van der Waals surface area contributed by atoms with Gasteiger partial charge in [-0.05, 0) is 57.5 Å². The van der Waals surface area contributed by atoms with Crippen LogP contribution in [0.4, 0.5) is 5.69 Å². The van der Waals surface area contributed by atoms with Crippen LogP contribution in [0.25, 0.3) is 0 Å². The highest BCUT2D eigenvalue weighted by atomic mass is 32.2. The quantitative estimate of drug-likeness (QED) is 0.739. The molecule has 0 aliphatic carbocycles. The molecule has 22 heavy (non-hydrogen) atoms. The Morgan fingerprint density at radius 3 is 2.55 bits per heavy atom. The molecule has 1 amide bonds. The Morgan fingerprint density at radius 2 is 2.00 bits per heavy atom. The minimum atomic E-state index is -3.50. The molecule has 1 aromatic carbocycles. The van der Waals surface area contributed by atoms with Crippen LogP contribution in [0, 0.1) is 0 Å². The first-order valence-corrected chi connectivity index (χ1v) is 9.01. The van der Waals surface area contributed by atoms with Gasteiger partial charge in [-0.3, -0.25) is 4.79 Å². The van der Waals surface area contributed by atoms with Gasteiger partial charge >= 0.3 is 0 Å². The molecule has 0 radical (unpaired) electrons. The number of nitrogens with one attached hydrogen (secondary N) is 3. The molecule has 1 fully saturated rings. The summed E-state index contributed by atoms with van der Waals surface area (Å²) in [6.45, 7) is 4.50. The lowest BCUT2D eigenvalue weighted by molar-refractivity contribution is -0.116. The van der Waals surface area contributed by atoms with Crippen LogP contribution in [0.5, 0.6) is 0 Å². The summed E-state index contributed by atoms with van der Waals surface area (Å²) in [5, 5.41) is 6.07. The summed E-state index contributed by atoms with van der Waals surface area (Å²) in [4.78, 5) is 12.1. The maximum Gasteiger partial charge on any atom is 0.240 e. The minimum Gasteiger partial charge on any atom is -0.326 e. The van der Waals surface area contributed by atoms with E-state index in [0.717, 1.165) is 19.4 Å². The third kappa shape index (κ3) is 4.79. The van der Waals surface area contributed by atoms with Gasteiger partial charge in [-0.15, -0.1) is 0 Å². The van der Waals surface area contributed by atoms with Gasteiger partial charge in [0, 0.05) is 24.2 Å². The van der Waals surface area contributed by atoms with Crippen molar-refractivity contribution in [3.8, 4) is 0 Å². The van der Waals surface area contributed by atoms with Crippen LogP contribution in [-0.2, 0) is 14.8 Å². The number of sulfonamides is 1. The minimum absolute atomic E-state index is 0.0599. The average molecular weight is 325 g/mol. The standard InChI is InChI=1S/C15H23N3O3S/c1-11(2)18-22(20,21)14-7-5-12(6-8-14)17-15(19)10-13-4-3-9-16-13/h5-8,11,13,16,18H,3-4,9-10H2,1-2H3,(H,17,19). The number of carbonyl (C=O) groups is 1. The number of anilines is 1. The lowest BCUT2D eigenvalue weighted by Crippen LogP contribution is -2.30. The van der Waals surface area contributed by atoms with Crippen molar-refractivity contribution in [3.05, 3.63) is 24.3 Å². The van der Waals surface area contributed by atoms with Gasteiger partial charge in [0.25, 0.3) is 0 Å². The molecule has 7 heteroatoms. The molecule has 0 bridgehead atoms. The second-order valence-electron chi connectivity index (χ2n) is 5.85. The van der Waals surface area contributed by atoms with Crippen LogP contribution in [0.3, 0.4) is 0 Å². The molecule has 122 valence electrons. The topological polar surface area (TPSA) is 87.3 Å². The van der Waals surface area contributed by atoms with Crippen LogP contribution in [0.2, 0.25) is 0 Å². The highest BCUT2D eigenvalue weighted by Crippen LogP contribution is 2.16. The predicted octanol–water partition coefficient (Wildman–Crippen LogP) is 1.45. The molecule has 1 atom stereocenters. The number of hydrogen-bond donors (Lipinski definition) is 3. The van der Waals surface area contributed by atoms with E-state index >= 15 is 0 Å². The SMILES string of the molecule is CC(C)NS(=O)(=O)c1ccc(NC(=O)CC2CCCN2)cc1. The molecular weight excluding hydrogens is 302 g/mol. The highest BCUT2D eigenvalue weighted by molar-refractivity contribution is 7.89. The van der Waals surface area contributed by atoms with E-state index in [-0.39, 0.29) is 22.9 Å². The van der Waals surface area contributed by atoms with Gasteiger partial charge in [-0.2, -0.15) is 0 Å². The molecule has 1 saturated heterocycles. The van der Waals surface area contributed by atoms with E-state index in [9.17, 15) is 13.2 Å². The lowest BCUT2D eigenvalue weighted by Gasteiger charge is -2.12. The van der Waals surface area contributed by atoms with Crippen molar-refractivity contribution in [3.63, 3.8) is 0 Å².